The summed E-state index contributed by atoms with van der Waals surface area (Å²) in [7, 11) is -3.44. The minimum atomic E-state index is -3.44. The fourth-order valence-electron chi connectivity index (χ4n) is 2.22. The van der Waals surface area contributed by atoms with Crippen molar-refractivity contribution >= 4 is 21.4 Å². The van der Waals surface area contributed by atoms with Gasteiger partial charge in [0.15, 0.2) is 9.84 Å². The second kappa shape index (κ2) is 6.32. The van der Waals surface area contributed by atoms with E-state index < -0.39 is 15.7 Å². The molecule has 0 atom stereocenters. The maximum absolute atomic E-state index is 12.5. The van der Waals surface area contributed by atoms with Crippen molar-refractivity contribution in [3.05, 3.63) is 59.2 Å². The summed E-state index contributed by atoms with van der Waals surface area (Å²) in [6.45, 7) is 5.44. The van der Waals surface area contributed by atoms with E-state index in [4.69, 9.17) is 0 Å². The highest BCUT2D eigenvalue weighted by molar-refractivity contribution is 7.91. The molecule has 0 aliphatic rings. The first-order chi connectivity index (χ1) is 10.3. The lowest BCUT2D eigenvalue weighted by Crippen LogP contribution is -2.17. The summed E-state index contributed by atoms with van der Waals surface area (Å²) in [4.78, 5) is 12.5. The van der Waals surface area contributed by atoms with Gasteiger partial charge in [-0.1, -0.05) is 36.8 Å². The van der Waals surface area contributed by atoms with Gasteiger partial charge in [-0.05, 0) is 37.6 Å². The number of rotatable bonds is 4. The van der Waals surface area contributed by atoms with Crippen molar-refractivity contribution in [1.82, 2.24) is 0 Å². The van der Waals surface area contributed by atoms with Gasteiger partial charge < -0.3 is 5.32 Å². The van der Waals surface area contributed by atoms with Crippen molar-refractivity contribution in [2.24, 2.45) is 0 Å². The number of carbonyl (C=O) groups excluding carboxylic acids is 1. The van der Waals surface area contributed by atoms with E-state index >= 15 is 0 Å². The van der Waals surface area contributed by atoms with Crippen molar-refractivity contribution in [2.45, 2.75) is 25.7 Å². The first kappa shape index (κ1) is 16.2. The molecule has 0 radical (unpaired) electrons. The Bertz CT molecular complexity index is 810. The van der Waals surface area contributed by atoms with Crippen LogP contribution < -0.4 is 5.32 Å². The first-order valence-corrected chi connectivity index (χ1v) is 8.71. The number of carbonyl (C=O) groups is 1. The normalized spacial score (nSPS) is 11.2. The van der Waals surface area contributed by atoms with Gasteiger partial charge in [0, 0.05) is 5.69 Å². The van der Waals surface area contributed by atoms with E-state index in [9.17, 15) is 13.2 Å². The number of benzene rings is 2. The average Bonchev–Trinajstić information content (AvgIpc) is 2.50. The molecule has 0 aliphatic heterocycles. The van der Waals surface area contributed by atoms with Gasteiger partial charge in [0.25, 0.3) is 5.91 Å². The SMILES string of the molecule is CCS(=O)(=O)c1ccccc1C(=O)Nc1ccc(C)cc1C. The highest BCUT2D eigenvalue weighted by Gasteiger charge is 2.20. The zero-order chi connectivity index (χ0) is 16.3. The van der Waals surface area contributed by atoms with Gasteiger partial charge >= 0.3 is 0 Å². The van der Waals surface area contributed by atoms with Gasteiger partial charge in [0.05, 0.1) is 16.2 Å². The predicted octanol–water partition coefficient (Wildman–Crippen LogP) is 3.35. The van der Waals surface area contributed by atoms with E-state index in [-0.39, 0.29) is 16.2 Å². The van der Waals surface area contributed by atoms with Crippen LogP contribution in [0.5, 0.6) is 0 Å². The van der Waals surface area contributed by atoms with Crippen molar-refractivity contribution in [1.29, 1.82) is 0 Å². The molecule has 116 valence electrons. The van der Waals surface area contributed by atoms with Crippen molar-refractivity contribution in [2.75, 3.05) is 11.1 Å². The molecular formula is C17H19NO3S. The van der Waals surface area contributed by atoms with Gasteiger partial charge in [0.2, 0.25) is 0 Å². The average molecular weight is 317 g/mol. The fourth-order valence-corrected chi connectivity index (χ4v) is 3.32. The maximum Gasteiger partial charge on any atom is 0.256 e. The molecule has 0 fully saturated rings. The smallest absolute Gasteiger partial charge is 0.256 e. The number of amides is 1. The van der Waals surface area contributed by atoms with Gasteiger partial charge in [-0.15, -0.1) is 0 Å². The van der Waals surface area contributed by atoms with E-state index in [1.807, 2.05) is 32.0 Å². The number of hydrogen-bond acceptors (Lipinski definition) is 3. The minimum absolute atomic E-state index is 0.0408. The summed E-state index contributed by atoms with van der Waals surface area (Å²) < 4.78 is 24.2. The summed E-state index contributed by atoms with van der Waals surface area (Å²) in [6.07, 6.45) is 0. The number of nitrogens with one attached hydrogen (secondary N) is 1. The molecule has 0 aromatic heterocycles. The molecule has 0 bridgehead atoms. The Kier molecular flexibility index (Phi) is 4.66. The Labute approximate surface area is 131 Å². The second-order valence-corrected chi connectivity index (χ2v) is 7.42. The fraction of sp³-hybridized carbons (Fsp3) is 0.235. The van der Waals surface area contributed by atoms with Gasteiger partial charge in [-0.25, -0.2) is 8.42 Å². The van der Waals surface area contributed by atoms with Crippen molar-refractivity contribution in [3.63, 3.8) is 0 Å². The van der Waals surface area contributed by atoms with Gasteiger partial charge in [0.1, 0.15) is 0 Å². The molecule has 2 aromatic carbocycles. The Morgan fingerprint density at radius 2 is 1.77 bits per heavy atom. The Balaban J connectivity index is 2.39. The number of sulfone groups is 1. The summed E-state index contributed by atoms with van der Waals surface area (Å²) in [5.41, 5.74) is 2.89. The third kappa shape index (κ3) is 3.36. The molecule has 2 aromatic rings. The molecule has 0 aliphatic carbocycles. The van der Waals surface area contributed by atoms with Crippen LogP contribution in [0.1, 0.15) is 28.4 Å². The number of aryl methyl sites for hydroxylation is 2. The van der Waals surface area contributed by atoms with Crippen LogP contribution in [0.25, 0.3) is 0 Å². The first-order valence-electron chi connectivity index (χ1n) is 7.05. The lowest BCUT2D eigenvalue weighted by molar-refractivity contribution is 0.102. The van der Waals surface area contributed by atoms with Crippen LogP contribution in [0.2, 0.25) is 0 Å². The molecule has 2 rings (SSSR count). The molecule has 4 nitrogen and oxygen atoms in total. The van der Waals surface area contributed by atoms with E-state index in [2.05, 4.69) is 5.32 Å². The van der Waals surface area contributed by atoms with Gasteiger partial charge in [-0.2, -0.15) is 0 Å². The summed E-state index contributed by atoms with van der Waals surface area (Å²) in [6, 6.07) is 12.0. The highest BCUT2D eigenvalue weighted by atomic mass is 32.2. The number of anilines is 1. The van der Waals surface area contributed by atoms with Crippen LogP contribution in [0.3, 0.4) is 0 Å². The number of hydrogen-bond donors (Lipinski definition) is 1. The molecule has 0 saturated heterocycles. The monoisotopic (exact) mass is 317 g/mol. The molecule has 0 saturated carbocycles. The van der Waals surface area contributed by atoms with E-state index in [0.717, 1.165) is 11.1 Å². The van der Waals surface area contributed by atoms with Crippen LogP contribution >= 0.6 is 0 Å². The second-order valence-electron chi connectivity index (χ2n) is 5.17. The summed E-state index contributed by atoms with van der Waals surface area (Å²) in [5.74, 6) is -0.458. The molecule has 22 heavy (non-hydrogen) atoms. The van der Waals surface area contributed by atoms with Crippen LogP contribution in [0, 0.1) is 13.8 Å². The maximum atomic E-state index is 12.5. The van der Waals surface area contributed by atoms with Crippen LogP contribution in [0.4, 0.5) is 5.69 Å². The Hall–Kier alpha value is -2.14. The molecule has 1 amide bonds. The van der Waals surface area contributed by atoms with E-state index in [1.165, 1.54) is 12.1 Å². The quantitative estimate of drug-likeness (QED) is 0.940. The highest BCUT2D eigenvalue weighted by Crippen LogP contribution is 2.21. The standard InChI is InChI=1S/C17H19NO3S/c1-4-22(20,21)16-8-6-5-7-14(16)17(19)18-15-10-9-12(2)11-13(15)3/h5-11H,4H2,1-3H3,(H,18,19). The molecule has 5 heteroatoms. The Morgan fingerprint density at radius 3 is 2.41 bits per heavy atom. The minimum Gasteiger partial charge on any atom is -0.322 e. The molecule has 0 heterocycles. The topological polar surface area (TPSA) is 63.2 Å². The summed E-state index contributed by atoms with van der Waals surface area (Å²) in [5, 5.41) is 2.79. The van der Waals surface area contributed by atoms with Crippen LogP contribution in [-0.4, -0.2) is 20.1 Å². The van der Waals surface area contributed by atoms with E-state index in [1.54, 1.807) is 19.1 Å². The molecule has 1 N–H and O–H groups in total. The molecular weight excluding hydrogens is 298 g/mol. The van der Waals surface area contributed by atoms with E-state index in [0.29, 0.717) is 5.69 Å². The van der Waals surface area contributed by atoms with Crippen molar-refractivity contribution < 1.29 is 13.2 Å². The van der Waals surface area contributed by atoms with Crippen LogP contribution in [0.15, 0.2) is 47.4 Å². The lowest BCUT2D eigenvalue weighted by Gasteiger charge is -2.12. The third-order valence-corrected chi connectivity index (χ3v) is 5.26. The van der Waals surface area contributed by atoms with Gasteiger partial charge in [-0.3, -0.25) is 4.79 Å². The summed E-state index contributed by atoms with van der Waals surface area (Å²) >= 11 is 0. The predicted molar refractivity (Wildman–Crippen MR) is 88.0 cm³/mol. The lowest BCUT2D eigenvalue weighted by atomic mass is 10.1. The molecule has 0 spiro atoms. The molecule has 0 unspecified atom stereocenters. The zero-order valence-electron chi connectivity index (χ0n) is 12.9. The van der Waals surface area contributed by atoms with Crippen molar-refractivity contribution in [3.8, 4) is 0 Å². The third-order valence-electron chi connectivity index (χ3n) is 3.48. The Morgan fingerprint density at radius 1 is 1.09 bits per heavy atom. The van der Waals surface area contributed by atoms with Crippen LogP contribution in [-0.2, 0) is 9.84 Å². The largest absolute Gasteiger partial charge is 0.322 e. The zero-order valence-corrected chi connectivity index (χ0v) is 13.7.